The summed E-state index contributed by atoms with van der Waals surface area (Å²) in [6, 6.07) is 5.05. The number of likely N-dealkylation sites (tertiary alicyclic amines) is 1. The molecule has 1 aromatic carbocycles. The Morgan fingerprint density at radius 2 is 1.87 bits per heavy atom. The van der Waals surface area contributed by atoms with Crippen LogP contribution in [0.15, 0.2) is 24.3 Å². The molecular weight excluding hydrogens is 502 g/mol. The van der Waals surface area contributed by atoms with Gasteiger partial charge in [0.05, 0.1) is 31.2 Å². The number of primary amides is 1. The summed E-state index contributed by atoms with van der Waals surface area (Å²) < 4.78 is 5.71. The quantitative estimate of drug-likeness (QED) is 0.345. The van der Waals surface area contributed by atoms with Crippen molar-refractivity contribution in [2.75, 3.05) is 19.7 Å². The molecule has 0 aliphatic carbocycles. The van der Waals surface area contributed by atoms with Crippen molar-refractivity contribution in [3.8, 4) is 5.75 Å². The number of nitrogens with one attached hydrogen (secondary N) is 3. The van der Waals surface area contributed by atoms with Crippen molar-refractivity contribution in [2.24, 2.45) is 5.73 Å². The van der Waals surface area contributed by atoms with Gasteiger partial charge in [-0.1, -0.05) is 18.6 Å². The van der Waals surface area contributed by atoms with Gasteiger partial charge < -0.3 is 31.5 Å². The highest BCUT2D eigenvalue weighted by molar-refractivity contribution is 5.91. The third kappa shape index (κ3) is 9.81. The molecule has 11 nitrogen and oxygen atoms in total. The Morgan fingerprint density at radius 3 is 2.54 bits per heavy atom. The number of hydrogen-bond acceptors (Lipinski definition) is 7. The number of amides is 4. The Morgan fingerprint density at radius 1 is 1.15 bits per heavy atom. The number of nitrogens with zero attached hydrogens (tertiary/aromatic N) is 1. The van der Waals surface area contributed by atoms with Crippen molar-refractivity contribution >= 4 is 23.6 Å². The largest absolute Gasteiger partial charge is 0.494 e. The monoisotopic (exact) mass is 545 g/mol. The third-order valence-corrected chi connectivity index (χ3v) is 6.88. The van der Waals surface area contributed by atoms with Crippen LogP contribution in [0.25, 0.3) is 0 Å². The van der Waals surface area contributed by atoms with Crippen molar-refractivity contribution < 1.29 is 29.0 Å². The lowest BCUT2D eigenvalue weighted by Gasteiger charge is -2.39. The summed E-state index contributed by atoms with van der Waals surface area (Å²) in [5, 5.41) is 19.9. The fourth-order valence-electron chi connectivity index (χ4n) is 4.97. The van der Waals surface area contributed by atoms with Crippen LogP contribution in [0.5, 0.6) is 5.75 Å². The van der Waals surface area contributed by atoms with Crippen LogP contribution in [0.1, 0.15) is 64.9 Å². The molecular formula is C28H43N5O6. The summed E-state index contributed by atoms with van der Waals surface area (Å²) in [7, 11) is 0. The average molecular weight is 546 g/mol. The van der Waals surface area contributed by atoms with Gasteiger partial charge in [0, 0.05) is 18.5 Å². The molecule has 1 fully saturated rings. The number of fused-ring (bicyclic) bond motifs is 12. The van der Waals surface area contributed by atoms with Crippen LogP contribution in [0, 0.1) is 0 Å². The van der Waals surface area contributed by atoms with Gasteiger partial charge in [-0.15, -0.1) is 0 Å². The number of aliphatic hydroxyl groups is 1. The van der Waals surface area contributed by atoms with Gasteiger partial charge >= 0.3 is 0 Å². The molecule has 3 aliphatic heterocycles. The van der Waals surface area contributed by atoms with Gasteiger partial charge in [-0.3, -0.25) is 24.1 Å². The fraction of sp³-hybridized carbons (Fsp3) is 0.643. The lowest BCUT2D eigenvalue weighted by molar-refractivity contribution is -0.132. The molecule has 0 saturated carbocycles. The minimum Gasteiger partial charge on any atom is -0.494 e. The second-order valence-electron chi connectivity index (χ2n) is 11.5. The highest BCUT2D eigenvalue weighted by Gasteiger charge is 2.35. The maximum Gasteiger partial charge on any atom is 0.243 e. The molecule has 4 rings (SSSR count). The molecule has 4 atom stereocenters. The van der Waals surface area contributed by atoms with E-state index in [0.29, 0.717) is 31.7 Å². The lowest BCUT2D eigenvalue weighted by Crippen LogP contribution is -2.59. The fourth-order valence-corrected chi connectivity index (χ4v) is 4.97. The van der Waals surface area contributed by atoms with Gasteiger partial charge in [-0.25, -0.2) is 0 Å². The maximum atomic E-state index is 13.3. The summed E-state index contributed by atoms with van der Waals surface area (Å²) in [5.74, 6) is -1.16. The molecule has 4 amide bonds. The van der Waals surface area contributed by atoms with Gasteiger partial charge in [0.25, 0.3) is 0 Å². The lowest BCUT2D eigenvalue weighted by atomic mass is 9.96. The molecule has 1 unspecified atom stereocenters. The van der Waals surface area contributed by atoms with Crippen LogP contribution < -0.4 is 26.4 Å². The molecule has 39 heavy (non-hydrogen) atoms. The molecule has 0 aromatic heterocycles. The molecule has 216 valence electrons. The second-order valence-corrected chi connectivity index (χ2v) is 11.5. The number of carbonyl (C=O) groups is 4. The Hall–Kier alpha value is -3.18. The smallest absolute Gasteiger partial charge is 0.243 e. The van der Waals surface area contributed by atoms with E-state index < -0.39 is 35.9 Å². The minimum absolute atomic E-state index is 0.0830. The Bertz CT molecular complexity index is 1010. The zero-order chi connectivity index (χ0) is 28.6. The number of piperidine rings is 1. The molecule has 0 radical (unpaired) electrons. The number of hydrogen-bond donors (Lipinski definition) is 5. The Labute approximate surface area is 230 Å². The molecule has 6 N–H and O–H groups in total. The normalized spacial score (nSPS) is 24.4. The summed E-state index contributed by atoms with van der Waals surface area (Å²) >= 11 is 0. The first-order valence-electron chi connectivity index (χ1n) is 13.7. The number of carbonyl (C=O) groups excluding carboxylic acids is 4. The molecule has 1 saturated heterocycles. The zero-order valence-electron chi connectivity index (χ0n) is 23.2. The average Bonchev–Trinajstić information content (AvgIpc) is 2.85. The van der Waals surface area contributed by atoms with Gasteiger partial charge in [-0.05, 0) is 70.7 Å². The van der Waals surface area contributed by atoms with Crippen LogP contribution in [0.3, 0.4) is 0 Å². The van der Waals surface area contributed by atoms with Crippen molar-refractivity contribution in [1.82, 2.24) is 20.9 Å². The number of rotatable bonds is 6. The number of nitrogens with two attached hydrogens (primary N) is 1. The van der Waals surface area contributed by atoms with E-state index in [2.05, 4.69) is 16.0 Å². The van der Waals surface area contributed by atoms with E-state index in [4.69, 9.17) is 10.5 Å². The summed E-state index contributed by atoms with van der Waals surface area (Å²) in [4.78, 5) is 52.4. The van der Waals surface area contributed by atoms with Crippen LogP contribution in [0.4, 0.5) is 0 Å². The Kier molecular flexibility index (Phi) is 10.7. The molecule has 3 heterocycles. The van der Waals surface area contributed by atoms with E-state index in [1.165, 1.54) is 0 Å². The number of β-amino-alcohol motifs (C(OH)–C–C–N with tert-alkyl or cyclic N) is 1. The van der Waals surface area contributed by atoms with E-state index in [1.807, 2.05) is 49.9 Å². The van der Waals surface area contributed by atoms with Gasteiger partial charge in [0.15, 0.2) is 0 Å². The van der Waals surface area contributed by atoms with E-state index in [0.717, 1.165) is 18.4 Å². The van der Waals surface area contributed by atoms with Crippen LogP contribution >= 0.6 is 0 Å². The molecule has 11 heteroatoms. The zero-order valence-corrected chi connectivity index (χ0v) is 23.2. The van der Waals surface area contributed by atoms with Crippen molar-refractivity contribution in [1.29, 1.82) is 0 Å². The third-order valence-electron chi connectivity index (χ3n) is 6.88. The first-order valence-corrected chi connectivity index (χ1v) is 13.7. The molecule has 0 spiro atoms. The minimum atomic E-state index is -1.17. The second kappa shape index (κ2) is 13.7. The predicted molar refractivity (Wildman–Crippen MR) is 146 cm³/mol. The standard InChI is InChI=1S/C28H43N5O6/c1-28(2,3)32-27(38)22-7-4-5-13-33(22)17-23(34)20-15-18-9-11-19(12-10-18)39-14-6-8-25(36)30-21(16-24(29)35)26(37)31-20/h9-12,20-23,34H,4-8,13-17H2,1-3H3,(H2,29,35)(H,30,36)(H,31,37)(H,32,38)/t20-,21?,22+,23-/m1/s1. The van der Waals surface area contributed by atoms with Gasteiger partial charge in [-0.2, -0.15) is 0 Å². The first-order chi connectivity index (χ1) is 18.4. The van der Waals surface area contributed by atoms with E-state index in [9.17, 15) is 24.3 Å². The first kappa shape index (κ1) is 30.4. The van der Waals surface area contributed by atoms with Gasteiger partial charge in [0.2, 0.25) is 23.6 Å². The summed E-state index contributed by atoms with van der Waals surface area (Å²) in [6.07, 6.45) is 1.92. The van der Waals surface area contributed by atoms with Gasteiger partial charge in [0.1, 0.15) is 11.8 Å². The molecule has 2 bridgehead atoms. The van der Waals surface area contributed by atoms with E-state index >= 15 is 0 Å². The Balaban J connectivity index is 1.83. The highest BCUT2D eigenvalue weighted by Crippen LogP contribution is 2.21. The van der Waals surface area contributed by atoms with Crippen molar-refractivity contribution in [3.05, 3.63) is 29.8 Å². The van der Waals surface area contributed by atoms with Crippen molar-refractivity contribution in [2.45, 2.75) is 95.5 Å². The topological polar surface area (TPSA) is 163 Å². The highest BCUT2D eigenvalue weighted by atomic mass is 16.5. The summed E-state index contributed by atoms with van der Waals surface area (Å²) in [6.45, 7) is 6.92. The predicted octanol–water partition coefficient (Wildman–Crippen LogP) is 0.377. The van der Waals surface area contributed by atoms with Crippen LogP contribution in [0.2, 0.25) is 0 Å². The van der Waals surface area contributed by atoms with Crippen LogP contribution in [-0.4, -0.2) is 83.1 Å². The molecule has 3 aliphatic rings. The maximum absolute atomic E-state index is 13.3. The SMILES string of the molecule is CC(C)(C)NC(=O)[C@@H]1CCCCN1C[C@@H](O)[C@H]1Cc2ccc(cc2)OCCCC(=O)NC(CC(N)=O)C(=O)N1. The van der Waals surface area contributed by atoms with E-state index in [-0.39, 0.29) is 43.3 Å². The van der Waals surface area contributed by atoms with E-state index in [1.54, 1.807) is 0 Å². The number of aliphatic hydroxyl groups excluding tert-OH is 1. The summed E-state index contributed by atoms with van der Waals surface area (Å²) in [5.41, 5.74) is 5.83. The molecule has 1 aromatic rings. The van der Waals surface area contributed by atoms with Crippen molar-refractivity contribution in [3.63, 3.8) is 0 Å². The number of ether oxygens (including phenoxy) is 1. The van der Waals surface area contributed by atoms with Crippen LogP contribution in [-0.2, 0) is 25.6 Å². The number of benzene rings is 1.